The van der Waals surface area contributed by atoms with Gasteiger partial charge in [-0.15, -0.1) is 0 Å². The number of amidine groups is 1. The van der Waals surface area contributed by atoms with Crippen LogP contribution in [0, 0.1) is 0 Å². The Kier molecular flexibility index (Phi) is 4.63. The number of hydrogen-bond donors (Lipinski definition) is 1. The van der Waals surface area contributed by atoms with Crippen LogP contribution in [0.5, 0.6) is 0 Å². The molecule has 1 aliphatic heterocycles. The van der Waals surface area contributed by atoms with Crippen molar-refractivity contribution in [3.05, 3.63) is 107 Å². The minimum Gasteiger partial charge on any atom is -0.265 e. The third-order valence-corrected chi connectivity index (χ3v) is 5.63. The molecule has 0 spiro atoms. The first-order valence-corrected chi connectivity index (χ1v) is 10.5. The molecule has 4 aromatic rings. The van der Waals surface area contributed by atoms with E-state index < -0.39 is 0 Å². The number of aliphatic imine (C=N–C) groups is 1. The van der Waals surface area contributed by atoms with E-state index in [0.717, 1.165) is 44.7 Å². The molecular weight excluding hydrogens is 380 g/mol. The van der Waals surface area contributed by atoms with Crippen LogP contribution in [0.2, 0.25) is 0 Å². The van der Waals surface area contributed by atoms with Crippen LogP contribution in [0.15, 0.2) is 95.3 Å². The van der Waals surface area contributed by atoms with Crippen molar-refractivity contribution in [2.75, 3.05) is 0 Å². The molecule has 0 unspecified atom stereocenters. The number of benzene rings is 3. The molecule has 4 nitrogen and oxygen atoms in total. The van der Waals surface area contributed by atoms with Crippen LogP contribution >= 0.6 is 0 Å². The maximum atomic E-state index is 5.08. The largest absolute Gasteiger partial charge is 0.265 e. The van der Waals surface area contributed by atoms with Crippen LogP contribution in [0.4, 0.5) is 5.69 Å². The number of pyridine rings is 1. The molecule has 0 aliphatic carbocycles. The van der Waals surface area contributed by atoms with E-state index in [9.17, 15) is 0 Å². The Morgan fingerprint density at radius 2 is 1.48 bits per heavy atom. The predicted molar refractivity (Wildman–Crippen MR) is 128 cm³/mol. The Hall–Kier alpha value is -3.79. The fraction of sp³-hybridized carbons (Fsp3) is 0.148. The Bertz CT molecular complexity index is 1310. The first kappa shape index (κ1) is 19.2. The monoisotopic (exact) mass is 404 g/mol. The van der Waals surface area contributed by atoms with Crippen molar-refractivity contribution < 1.29 is 0 Å². The summed E-state index contributed by atoms with van der Waals surface area (Å²) >= 11 is 0. The lowest BCUT2D eigenvalue weighted by Gasteiger charge is -2.19. The standard InChI is InChI=1S/C27H24N4/c1-27(2,3)21-11-8-20(9-12-21)26-29-25-22-7-5-4-6-18(22)10-13-23(25)24(30-31-26)19-14-16-28-17-15-19/h4-17H,1-3H3,(H,29,31). The van der Waals surface area contributed by atoms with Crippen molar-refractivity contribution in [3.63, 3.8) is 0 Å². The van der Waals surface area contributed by atoms with Crippen molar-refractivity contribution in [2.45, 2.75) is 26.2 Å². The first-order valence-electron chi connectivity index (χ1n) is 10.5. The summed E-state index contributed by atoms with van der Waals surface area (Å²) < 4.78 is 0. The van der Waals surface area contributed by atoms with Gasteiger partial charge in [0.05, 0.1) is 5.69 Å². The van der Waals surface area contributed by atoms with Gasteiger partial charge in [-0.25, -0.2) is 4.99 Å². The lowest BCUT2D eigenvalue weighted by molar-refractivity contribution is 0.590. The normalized spacial score (nSPS) is 13.6. The Labute approximate surface area is 182 Å². The van der Waals surface area contributed by atoms with Crippen molar-refractivity contribution >= 4 is 28.0 Å². The number of nitrogens with one attached hydrogen (secondary N) is 1. The number of hydrazone groups is 1. The molecule has 0 fully saturated rings. The number of hydrogen-bond acceptors (Lipinski definition) is 4. The topological polar surface area (TPSA) is 49.6 Å². The van der Waals surface area contributed by atoms with E-state index in [0.29, 0.717) is 0 Å². The average molecular weight is 405 g/mol. The van der Waals surface area contributed by atoms with Gasteiger partial charge in [-0.2, -0.15) is 5.10 Å². The summed E-state index contributed by atoms with van der Waals surface area (Å²) in [6.45, 7) is 6.66. The maximum absolute atomic E-state index is 5.08. The molecule has 1 N–H and O–H groups in total. The molecule has 1 aromatic heterocycles. The van der Waals surface area contributed by atoms with E-state index in [-0.39, 0.29) is 5.41 Å². The van der Waals surface area contributed by atoms with Crippen molar-refractivity contribution in [3.8, 4) is 0 Å². The highest BCUT2D eigenvalue weighted by Crippen LogP contribution is 2.34. The van der Waals surface area contributed by atoms with E-state index in [1.165, 1.54) is 5.56 Å². The minimum absolute atomic E-state index is 0.104. The smallest absolute Gasteiger partial charge is 0.154 e. The number of aromatic nitrogens is 1. The number of nitrogens with zero attached hydrogens (tertiary/aromatic N) is 3. The van der Waals surface area contributed by atoms with E-state index in [1.807, 2.05) is 12.1 Å². The zero-order chi connectivity index (χ0) is 21.4. The van der Waals surface area contributed by atoms with E-state index >= 15 is 0 Å². The molecule has 0 saturated heterocycles. The fourth-order valence-corrected chi connectivity index (χ4v) is 3.86. The summed E-state index contributed by atoms with van der Waals surface area (Å²) in [5.74, 6) is 0.738. The van der Waals surface area contributed by atoms with Gasteiger partial charge in [0, 0.05) is 34.5 Å². The van der Waals surface area contributed by atoms with E-state index in [4.69, 9.17) is 10.1 Å². The van der Waals surface area contributed by atoms with Gasteiger partial charge in [-0.1, -0.05) is 75.4 Å². The lowest BCUT2D eigenvalue weighted by Crippen LogP contribution is -2.20. The maximum Gasteiger partial charge on any atom is 0.154 e. The van der Waals surface area contributed by atoms with Gasteiger partial charge in [0.15, 0.2) is 5.84 Å². The second kappa shape index (κ2) is 7.47. The van der Waals surface area contributed by atoms with Crippen molar-refractivity contribution in [1.29, 1.82) is 0 Å². The van der Waals surface area contributed by atoms with Gasteiger partial charge >= 0.3 is 0 Å². The van der Waals surface area contributed by atoms with Gasteiger partial charge in [-0.05, 0) is 34.6 Å². The molecule has 5 rings (SSSR count). The molecule has 0 atom stereocenters. The molecule has 0 bridgehead atoms. The molecule has 1 aliphatic rings. The van der Waals surface area contributed by atoms with Gasteiger partial charge in [0.25, 0.3) is 0 Å². The summed E-state index contributed by atoms with van der Waals surface area (Å²) in [5.41, 5.74) is 9.41. The molecular formula is C27H24N4. The molecule has 4 heteroatoms. The van der Waals surface area contributed by atoms with Crippen LogP contribution < -0.4 is 5.43 Å². The van der Waals surface area contributed by atoms with Crippen molar-refractivity contribution in [2.24, 2.45) is 10.1 Å². The minimum atomic E-state index is 0.104. The molecule has 0 saturated carbocycles. The third-order valence-electron chi connectivity index (χ3n) is 5.63. The van der Waals surface area contributed by atoms with Gasteiger partial charge < -0.3 is 0 Å². The van der Waals surface area contributed by atoms with Crippen LogP contribution in [0.3, 0.4) is 0 Å². The molecule has 3 aromatic carbocycles. The summed E-state index contributed by atoms with van der Waals surface area (Å²) in [6, 6.07) is 25.1. The third kappa shape index (κ3) is 3.61. The molecule has 0 radical (unpaired) electrons. The summed E-state index contributed by atoms with van der Waals surface area (Å²) in [6.07, 6.45) is 3.58. The van der Waals surface area contributed by atoms with Crippen LogP contribution in [0.1, 0.15) is 43.0 Å². The van der Waals surface area contributed by atoms with Gasteiger partial charge in [-0.3, -0.25) is 10.4 Å². The highest BCUT2D eigenvalue weighted by molar-refractivity contribution is 6.21. The molecule has 31 heavy (non-hydrogen) atoms. The zero-order valence-corrected chi connectivity index (χ0v) is 17.9. The Morgan fingerprint density at radius 1 is 0.742 bits per heavy atom. The van der Waals surface area contributed by atoms with Gasteiger partial charge in [0.1, 0.15) is 5.71 Å². The van der Waals surface area contributed by atoms with Gasteiger partial charge in [0.2, 0.25) is 0 Å². The highest BCUT2D eigenvalue weighted by atomic mass is 15.3. The predicted octanol–water partition coefficient (Wildman–Crippen LogP) is 5.97. The second-order valence-electron chi connectivity index (χ2n) is 8.78. The molecule has 152 valence electrons. The SMILES string of the molecule is CC(C)(C)c1ccc(C2=Nc3c(ccc4ccccc34)C(c3ccncc3)=NN2)cc1. The lowest BCUT2D eigenvalue weighted by atomic mass is 9.86. The Morgan fingerprint density at radius 3 is 2.23 bits per heavy atom. The average Bonchev–Trinajstić information content (AvgIpc) is 2.99. The highest BCUT2D eigenvalue weighted by Gasteiger charge is 2.20. The van der Waals surface area contributed by atoms with E-state index in [2.05, 4.69) is 91.8 Å². The molecule has 0 amide bonds. The number of fused-ring (bicyclic) bond motifs is 3. The number of rotatable bonds is 2. The second-order valence-corrected chi connectivity index (χ2v) is 8.78. The van der Waals surface area contributed by atoms with Crippen molar-refractivity contribution in [1.82, 2.24) is 10.4 Å². The van der Waals surface area contributed by atoms with Crippen LogP contribution in [-0.4, -0.2) is 16.5 Å². The van der Waals surface area contributed by atoms with E-state index in [1.54, 1.807) is 12.4 Å². The summed E-state index contributed by atoms with van der Waals surface area (Å²) in [7, 11) is 0. The summed E-state index contributed by atoms with van der Waals surface area (Å²) in [5, 5.41) is 7.04. The zero-order valence-electron chi connectivity index (χ0n) is 17.9. The molecule has 2 heterocycles. The Balaban J connectivity index is 1.70. The quantitative estimate of drug-likeness (QED) is 0.448. The van der Waals surface area contributed by atoms with Crippen LogP contribution in [0.25, 0.3) is 10.8 Å². The summed E-state index contributed by atoms with van der Waals surface area (Å²) in [4.78, 5) is 9.24. The fourth-order valence-electron chi connectivity index (χ4n) is 3.86. The van der Waals surface area contributed by atoms with Crippen LogP contribution in [-0.2, 0) is 5.41 Å². The first-order chi connectivity index (χ1) is 15.0.